The van der Waals surface area contributed by atoms with Gasteiger partial charge in [0.2, 0.25) is 0 Å². The van der Waals surface area contributed by atoms with Crippen LogP contribution in [0, 0.1) is 6.07 Å². The molecule has 186 valence electrons. The topological polar surface area (TPSA) is 0 Å². The van der Waals surface area contributed by atoms with Crippen molar-refractivity contribution in [3.63, 3.8) is 0 Å². The SMILES string of the molecule is [Cl][Ti]([Cl])=[Si](c1ccccc1)c1ccccc1.[c-]1cccc2c1Cc1ccccc1-2.c1ccc2[cH-]ccc2c1. The van der Waals surface area contributed by atoms with E-state index in [2.05, 4.69) is 133 Å². The summed E-state index contributed by atoms with van der Waals surface area (Å²) in [6.07, 6.45) is 0.129. The zero-order valence-electron chi connectivity index (χ0n) is 20.8. The molecule has 0 bridgehead atoms. The molecule has 6 aromatic rings. The minimum atomic E-state index is -1.96. The largest absolute Gasteiger partial charge is 0.179 e. The van der Waals surface area contributed by atoms with Crippen LogP contribution in [0.15, 0.2) is 146 Å². The number of hydrogen-bond donors (Lipinski definition) is 0. The Morgan fingerprint density at radius 3 is 1.92 bits per heavy atom. The molecule has 0 saturated heterocycles. The first kappa shape index (κ1) is 26.8. The summed E-state index contributed by atoms with van der Waals surface area (Å²) < 4.78 is 0. The Morgan fingerprint density at radius 1 is 0.632 bits per heavy atom. The van der Waals surface area contributed by atoms with Gasteiger partial charge in [0.15, 0.2) is 0 Å². The summed E-state index contributed by atoms with van der Waals surface area (Å²) in [5.41, 5.74) is 5.51. The van der Waals surface area contributed by atoms with Crippen LogP contribution in [0.2, 0.25) is 0 Å². The second-order valence-corrected chi connectivity index (χ2v) is 22.6. The van der Waals surface area contributed by atoms with E-state index < -0.39 is 20.7 Å². The van der Waals surface area contributed by atoms with Crippen molar-refractivity contribution in [3.8, 4) is 11.1 Å². The van der Waals surface area contributed by atoms with E-state index in [4.69, 9.17) is 18.6 Å². The van der Waals surface area contributed by atoms with Gasteiger partial charge in [-0.1, -0.05) is 41.5 Å². The Hall–Kier alpha value is -2.78. The van der Waals surface area contributed by atoms with Crippen LogP contribution in [-0.2, 0) is 20.9 Å². The number of hydrogen-bond acceptors (Lipinski definition) is 0. The Kier molecular flexibility index (Phi) is 9.41. The van der Waals surface area contributed by atoms with E-state index >= 15 is 0 Å². The van der Waals surface area contributed by atoms with Crippen LogP contribution in [0.1, 0.15) is 11.1 Å². The summed E-state index contributed by atoms with van der Waals surface area (Å²) in [5, 5.41) is 5.30. The average Bonchev–Trinajstić information content (AvgIpc) is 3.60. The van der Waals surface area contributed by atoms with Crippen molar-refractivity contribution in [2.24, 2.45) is 0 Å². The van der Waals surface area contributed by atoms with Gasteiger partial charge < -0.3 is 0 Å². The van der Waals surface area contributed by atoms with Gasteiger partial charge in [0.05, 0.1) is 0 Å². The van der Waals surface area contributed by atoms with E-state index in [0.717, 1.165) is 6.42 Å². The third kappa shape index (κ3) is 6.61. The summed E-state index contributed by atoms with van der Waals surface area (Å²) in [7, 11) is 12.6. The van der Waals surface area contributed by atoms with E-state index in [9.17, 15) is 0 Å². The first-order chi connectivity index (χ1) is 18.7. The number of benzene rings is 5. The molecular formula is C34H26Cl2SiTi-2. The minimum Gasteiger partial charge on any atom is -0.179 e. The molecule has 0 heterocycles. The Morgan fingerprint density at radius 2 is 1.24 bits per heavy atom. The van der Waals surface area contributed by atoms with Crippen LogP contribution in [0.4, 0.5) is 0 Å². The average molecular weight is 581 g/mol. The normalized spacial score (nSPS) is 10.8. The zero-order valence-corrected chi connectivity index (χ0v) is 24.9. The van der Waals surface area contributed by atoms with Gasteiger partial charge in [-0.2, -0.15) is 47.3 Å². The molecule has 38 heavy (non-hydrogen) atoms. The fraction of sp³-hybridized carbons (Fsp3) is 0.0294. The molecule has 4 heteroatoms. The number of fused-ring (bicyclic) bond motifs is 4. The molecule has 0 aromatic heterocycles. The fourth-order valence-corrected chi connectivity index (χ4v) is 15.5. The van der Waals surface area contributed by atoms with Crippen molar-refractivity contribution in [3.05, 3.63) is 163 Å². The van der Waals surface area contributed by atoms with E-state index in [0.29, 0.717) is 0 Å². The van der Waals surface area contributed by atoms with E-state index in [1.165, 1.54) is 43.4 Å². The summed E-state index contributed by atoms with van der Waals surface area (Å²) in [6.45, 7) is 0. The second kappa shape index (κ2) is 13.3. The second-order valence-electron chi connectivity index (χ2n) is 8.92. The zero-order chi connectivity index (χ0) is 26.2. The molecule has 0 amide bonds. The molecule has 0 N–H and O–H groups in total. The quantitative estimate of drug-likeness (QED) is 0.142. The molecule has 0 radical (unpaired) electrons. The molecule has 0 saturated carbocycles. The maximum atomic E-state index is 6.29. The van der Waals surface area contributed by atoms with Gasteiger partial charge in [-0.25, -0.2) is 0 Å². The van der Waals surface area contributed by atoms with Crippen LogP contribution in [-0.4, -0.2) is 6.19 Å². The summed E-state index contributed by atoms with van der Waals surface area (Å²) in [6, 6.07) is 53.6. The molecular weight excluding hydrogens is 555 g/mol. The fourth-order valence-electron chi connectivity index (χ4n) is 4.66. The van der Waals surface area contributed by atoms with Crippen molar-refractivity contribution in [1.82, 2.24) is 0 Å². The number of rotatable bonds is 2. The Bertz CT molecular complexity index is 1540. The molecule has 6 aromatic carbocycles. The first-order valence-corrected chi connectivity index (χ1v) is 20.7. The van der Waals surface area contributed by atoms with Crippen molar-refractivity contribution < 1.29 is 14.5 Å². The molecule has 0 spiro atoms. The van der Waals surface area contributed by atoms with Gasteiger partial charge in [0, 0.05) is 0 Å². The van der Waals surface area contributed by atoms with Gasteiger partial charge in [0.1, 0.15) is 0 Å². The smallest absolute Gasteiger partial charge is 0.0253 e. The Balaban J connectivity index is 0.000000120. The maximum absolute atomic E-state index is 6.29. The molecule has 0 aliphatic heterocycles. The predicted molar refractivity (Wildman–Crippen MR) is 163 cm³/mol. The molecule has 1 aliphatic rings. The van der Waals surface area contributed by atoms with Crippen molar-refractivity contribution in [1.29, 1.82) is 0 Å². The van der Waals surface area contributed by atoms with Crippen LogP contribution in [0.3, 0.4) is 0 Å². The van der Waals surface area contributed by atoms with Crippen LogP contribution >= 0.6 is 18.6 Å². The molecule has 0 fully saturated rings. The molecule has 7 rings (SSSR count). The molecule has 0 unspecified atom stereocenters. The monoisotopic (exact) mass is 580 g/mol. The Labute approximate surface area is 239 Å². The summed E-state index contributed by atoms with van der Waals surface area (Å²) in [4.78, 5) is 0. The van der Waals surface area contributed by atoms with Gasteiger partial charge >= 0.3 is 110 Å². The summed E-state index contributed by atoms with van der Waals surface area (Å²) >= 11 is -1.96. The predicted octanol–water partition coefficient (Wildman–Crippen LogP) is 8.33. The molecule has 0 nitrogen and oxygen atoms in total. The van der Waals surface area contributed by atoms with E-state index in [1.54, 1.807) is 0 Å². The van der Waals surface area contributed by atoms with Crippen molar-refractivity contribution in [2.45, 2.75) is 6.42 Å². The van der Waals surface area contributed by atoms with Gasteiger partial charge in [-0.15, -0.1) is 35.2 Å². The maximum Gasteiger partial charge on any atom is -0.0253 e. The van der Waals surface area contributed by atoms with Crippen LogP contribution < -0.4 is 10.4 Å². The molecule has 0 atom stereocenters. The van der Waals surface area contributed by atoms with Crippen LogP contribution in [0.5, 0.6) is 0 Å². The van der Waals surface area contributed by atoms with Crippen molar-refractivity contribution >= 4 is 45.9 Å². The van der Waals surface area contributed by atoms with Gasteiger partial charge in [0.25, 0.3) is 0 Å². The van der Waals surface area contributed by atoms with E-state index in [-0.39, 0.29) is 0 Å². The standard InChI is InChI=1S/C13H9.C12H10Si.C9H7.2ClH.Ti/c1-3-7-12-10(5-1)9-11-6-2-4-8-13(11)12;1-3-7-11(8-4-1)13-12-9-5-2-6-10-12;1-2-5-9-7-3-6-8(9)4-1;;;/h1-5,7-8H,9H2;1-10H;1-7H;2*1H;/q-1;;-1;;;+2/p-2. The first-order valence-electron chi connectivity index (χ1n) is 12.5. The number of halogens is 2. The third-order valence-electron chi connectivity index (χ3n) is 6.48. The third-order valence-corrected chi connectivity index (χ3v) is 17.8. The molecule has 1 aliphatic carbocycles. The van der Waals surface area contributed by atoms with Gasteiger partial charge in [-0.3, -0.25) is 0 Å². The van der Waals surface area contributed by atoms with Crippen LogP contribution in [0.25, 0.3) is 21.9 Å². The van der Waals surface area contributed by atoms with E-state index in [1.807, 2.05) is 18.2 Å². The summed E-state index contributed by atoms with van der Waals surface area (Å²) in [5.74, 6) is 0. The minimum absolute atomic E-state index is 0.919. The van der Waals surface area contributed by atoms with Gasteiger partial charge in [-0.05, 0) is 6.42 Å². The van der Waals surface area contributed by atoms with Crippen molar-refractivity contribution in [2.75, 3.05) is 0 Å².